The van der Waals surface area contributed by atoms with Crippen LogP contribution in [0.15, 0.2) is 17.4 Å². The summed E-state index contributed by atoms with van der Waals surface area (Å²) in [7, 11) is -2.16. The maximum Gasteiger partial charge on any atom is 0.273 e. The topological polar surface area (TPSA) is 109 Å². The van der Waals surface area contributed by atoms with Crippen LogP contribution in [0.5, 0.6) is 0 Å². The number of aromatic nitrogens is 5. The summed E-state index contributed by atoms with van der Waals surface area (Å²) in [6.07, 6.45) is 1.60. The Balaban J connectivity index is 2.72. The lowest BCUT2D eigenvalue weighted by atomic mass is 10.3. The molecule has 2 rings (SSSR count). The highest BCUT2D eigenvalue weighted by Crippen LogP contribution is 2.23. The second kappa shape index (κ2) is 4.18. The van der Waals surface area contributed by atoms with Gasteiger partial charge in [0.05, 0.1) is 0 Å². The Kier molecular flexibility index (Phi) is 2.95. The number of nitrogens with zero attached hydrogens (tertiary/aromatic N) is 5. The molecule has 8 nitrogen and oxygen atoms in total. The van der Waals surface area contributed by atoms with Gasteiger partial charge in [0.25, 0.3) is 15.2 Å². The fourth-order valence-electron chi connectivity index (χ4n) is 1.70. The molecule has 0 spiro atoms. The first-order chi connectivity index (χ1) is 8.32. The number of primary sulfonamides is 1. The van der Waals surface area contributed by atoms with Crippen LogP contribution in [0.1, 0.15) is 19.9 Å². The quantitative estimate of drug-likeness (QED) is 0.838. The van der Waals surface area contributed by atoms with Crippen LogP contribution in [0, 0.1) is 0 Å². The van der Waals surface area contributed by atoms with Crippen molar-refractivity contribution in [3.05, 3.63) is 12.3 Å². The lowest BCUT2D eigenvalue weighted by molar-refractivity contribution is 0.523. The Hall–Kier alpha value is -1.74. The van der Waals surface area contributed by atoms with E-state index in [2.05, 4.69) is 15.3 Å². The van der Waals surface area contributed by atoms with E-state index in [1.54, 1.807) is 24.0 Å². The van der Waals surface area contributed by atoms with Gasteiger partial charge in [0.1, 0.15) is 5.69 Å². The molecular formula is C9H14N6O2S. The van der Waals surface area contributed by atoms with Gasteiger partial charge in [-0.25, -0.2) is 13.6 Å². The highest BCUT2D eigenvalue weighted by atomic mass is 32.2. The number of sulfonamides is 1. The molecule has 0 aromatic carbocycles. The lowest BCUT2D eigenvalue weighted by Crippen LogP contribution is -2.20. The van der Waals surface area contributed by atoms with Crippen LogP contribution in [-0.4, -0.2) is 33.0 Å². The van der Waals surface area contributed by atoms with Crippen molar-refractivity contribution in [3.63, 3.8) is 0 Å². The Morgan fingerprint density at radius 1 is 1.33 bits per heavy atom. The first-order valence-corrected chi connectivity index (χ1v) is 6.83. The summed E-state index contributed by atoms with van der Waals surface area (Å²) in [5.41, 5.74) is 0.672. The minimum absolute atomic E-state index is 0.141. The summed E-state index contributed by atoms with van der Waals surface area (Å²) in [4.78, 5) is 0. The molecule has 0 unspecified atom stereocenters. The van der Waals surface area contributed by atoms with Crippen molar-refractivity contribution in [2.24, 2.45) is 12.2 Å². The average Bonchev–Trinajstić information content (AvgIpc) is 2.80. The molecule has 2 aromatic rings. The molecule has 0 radical (unpaired) electrons. The van der Waals surface area contributed by atoms with Crippen molar-refractivity contribution in [2.45, 2.75) is 25.0 Å². The summed E-state index contributed by atoms with van der Waals surface area (Å²) in [6.45, 7) is 3.66. The molecule has 0 saturated carbocycles. The van der Waals surface area contributed by atoms with Crippen LogP contribution in [0.4, 0.5) is 0 Å². The summed E-state index contributed by atoms with van der Waals surface area (Å²) in [5.74, 6) is 0.425. The lowest BCUT2D eigenvalue weighted by Gasteiger charge is -2.12. The van der Waals surface area contributed by atoms with E-state index in [4.69, 9.17) is 5.14 Å². The SMILES string of the molecule is CC(C)n1c(-c2ccnn2C)nnc1S(N)(=O)=O. The van der Waals surface area contributed by atoms with Gasteiger partial charge in [-0.2, -0.15) is 5.10 Å². The Morgan fingerprint density at radius 3 is 2.44 bits per heavy atom. The van der Waals surface area contributed by atoms with E-state index in [1.807, 2.05) is 13.8 Å². The first kappa shape index (κ1) is 12.7. The molecule has 2 N–H and O–H groups in total. The van der Waals surface area contributed by atoms with Crippen LogP contribution in [0.2, 0.25) is 0 Å². The fraction of sp³-hybridized carbons (Fsp3) is 0.444. The Labute approximate surface area is 104 Å². The van der Waals surface area contributed by atoms with Crippen molar-refractivity contribution in [2.75, 3.05) is 0 Å². The normalized spacial score (nSPS) is 12.3. The molecule has 0 saturated heterocycles. The van der Waals surface area contributed by atoms with Crippen LogP contribution in [0.25, 0.3) is 11.5 Å². The van der Waals surface area contributed by atoms with Gasteiger partial charge in [-0.05, 0) is 19.9 Å². The van der Waals surface area contributed by atoms with Gasteiger partial charge >= 0.3 is 0 Å². The van der Waals surface area contributed by atoms with Gasteiger partial charge in [0.15, 0.2) is 5.82 Å². The molecule has 0 aliphatic rings. The third-order valence-corrected chi connectivity index (χ3v) is 3.27. The Bertz CT molecular complexity index is 669. The van der Waals surface area contributed by atoms with Crippen molar-refractivity contribution in [1.29, 1.82) is 0 Å². The van der Waals surface area contributed by atoms with Crippen LogP contribution in [-0.2, 0) is 17.1 Å². The van der Waals surface area contributed by atoms with E-state index in [1.165, 1.54) is 4.57 Å². The van der Waals surface area contributed by atoms with Gasteiger partial charge in [0, 0.05) is 19.3 Å². The third-order valence-electron chi connectivity index (χ3n) is 2.49. The molecule has 0 bridgehead atoms. The average molecular weight is 270 g/mol. The second-order valence-electron chi connectivity index (χ2n) is 4.15. The molecule has 2 aromatic heterocycles. The van der Waals surface area contributed by atoms with E-state index >= 15 is 0 Å². The number of rotatable bonds is 3. The third kappa shape index (κ3) is 2.02. The van der Waals surface area contributed by atoms with Gasteiger partial charge in [-0.1, -0.05) is 0 Å². The summed E-state index contributed by atoms with van der Waals surface area (Å²) in [6, 6.07) is 1.59. The maximum absolute atomic E-state index is 11.5. The predicted octanol–water partition coefficient (Wildman–Crippen LogP) is -0.0931. The van der Waals surface area contributed by atoms with E-state index in [0.29, 0.717) is 11.5 Å². The minimum atomic E-state index is -3.90. The summed E-state index contributed by atoms with van der Waals surface area (Å²) < 4.78 is 26.0. The number of nitrogens with two attached hydrogens (primary N) is 1. The standard InChI is InChI=1S/C9H14N6O2S/c1-6(2)15-8(7-4-5-11-14(7)3)12-13-9(15)18(10,16)17/h4-6H,1-3H3,(H2,10,16,17). The fourth-order valence-corrected chi connectivity index (χ4v) is 2.43. The zero-order valence-electron chi connectivity index (χ0n) is 10.3. The van der Waals surface area contributed by atoms with Crippen molar-refractivity contribution < 1.29 is 8.42 Å². The number of aryl methyl sites for hydroxylation is 1. The minimum Gasteiger partial charge on any atom is -0.293 e. The highest BCUT2D eigenvalue weighted by molar-refractivity contribution is 7.89. The number of hydrogen-bond donors (Lipinski definition) is 1. The summed E-state index contributed by atoms with van der Waals surface area (Å²) >= 11 is 0. The smallest absolute Gasteiger partial charge is 0.273 e. The highest BCUT2D eigenvalue weighted by Gasteiger charge is 2.24. The maximum atomic E-state index is 11.5. The molecular weight excluding hydrogens is 256 g/mol. The monoisotopic (exact) mass is 270 g/mol. The van der Waals surface area contributed by atoms with Crippen molar-refractivity contribution >= 4 is 10.0 Å². The zero-order chi connectivity index (χ0) is 13.5. The van der Waals surface area contributed by atoms with E-state index in [-0.39, 0.29) is 11.2 Å². The second-order valence-corrected chi connectivity index (χ2v) is 5.61. The van der Waals surface area contributed by atoms with Crippen molar-refractivity contribution in [3.8, 4) is 11.5 Å². The Morgan fingerprint density at radius 2 is 2.00 bits per heavy atom. The molecule has 0 fully saturated rings. The molecule has 0 atom stereocenters. The zero-order valence-corrected chi connectivity index (χ0v) is 11.1. The predicted molar refractivity (Wildman–Crippen MR) is 64.0 cm³/mol. The summed E-state index contributed by atoms with van der Waals surface area (Å²) in [5, 5.41) is 16.5. The van der Waals surface area contributed by atoms with E-state index in [9.17, 15) is 8.42 Å². The van der Waals surface area contributed by atoms with Gasteiger partial charge in [-0.3, -0.25) is 9.25 Å². The molecule has 18 heavy (non-hydrogen) atoms. The van der Waals surface area contributed by atoms with Gasteiger partial charge in [-0.15, -0.1) is 10.2 Å². The first-order valence-electron chi connectivity index (χ1n) is 5.28. The largest absolute Gasteiger partial charge is 0.293 e. The molecule has 9 heteroatoms. The van der Waals surface area contributed by atoms with Crippen LogP contribution < -0.4 is 5.14 Å². The molecule has 0 amide bonds. The number of hydrogen-bond acceptors (Lipinski definition) is 5. The van der Waals surface area contributed by atoms with E-state index in [0.717, 1.165) is 0 Å². The molecule has 0 aliphatic heterocycles. The van der Waals surface area contributed by atoms with Crippen molar-refractivity contribution in [1.82, 2.24) is 24.5 Å². The molecule has 98 valence electrons. The van der Waals surface area contributed by atoms with Gasteiger partial charge < -0.3 is 0 Å². The molecule has 2 heterocycles. The van der Waals surface area contributed by atoms with Gasteiger partial charge in [0.2, 0.25) is 0 Å². The van der Waals surface area contributed by atoms with Crippen LogP contribution in [0.3, 0.4) is 0 Å². The van der Waals surface area contributed by atoms with Crippen LogP contribution >= 0.6 is 0 Å². The van der Waals surface area contributed by atoms with E-state index < -0.39 is 10.0 Å². The molecule has 0 aliphatic carbocycles.